The van der Waals surface area contributed by atoms with E-state index in [0.717, 1.165) is 29.3 Å². The molecule has 2 aromatic rings. The smallest absolute Gasteiger partial charge is 0.119 e. The summed E-state index contributed by atoms with van der Waals surface area (Å²) < 4.78 is 11.6. The summed E-state index contributed by atoms with van der Waals surface area (Å²) >= 11 is 0. The molecule has 0 fully saturated rings. The third-order valence-electron chi connectivity index (χ3n) is 5.32. The van der Waals surface area contributed by atoms with Crippen LogP contribution in [0.3, 0.4) is 0 Å². The molecule has 0 aliphatic rings. The molecule has 2 atom stereocenters. The van der Waals surface area contributed by atoms with Crippen molar-refractivity contribution in [3.8, 4) is 11.5 Å². The molecule has 0 saturated carbocycles. The predicted octanol–water partition coefficient (Wildman–Crippen LogP) is 6.45. The molecule has 0 bridgehead atoms. The minimum Gasteiger partial charge on any atom is -0.493 e. The van der Waals surface area contributed by atoms with Gasteiger partial charge in [-0.15, -0.1) is 0 Å². The molecule has 0 aliphatic carbocycles. The first kappa shape index (κ1) is 22.9. The zero-order chi connectivity index (χ0) is 21.2. The average molecular weight is 399 g/mol. The van der Waals surface area contributed by atoms with Crippen molar-refractivity contribution in [2.24, 2.45) is 11.8 Å². The Morgan fingerprint density at radius 1 is 0.586 bits per heavy atom. The molecule has 4 heteroatoms. The van der Waals surface area contributed by atoms with Gasteiger partial charge in [0, 0.05) is 29.9 Å². The lowest BCUT2D eigenvalue weighted by molar-refractivity contribution is 0.247. The van der Waals surface area contributed by atoms with Gasteiger partial charge in [-0.05, 0) is 74.2 Å². The number of hydrogen-bond donors (Lipinski definition) is 2. The summed E-state index contributed by atoms with van der Waals surface area (Å²) in [7, 11) is 0. The molecule has 2 aromatic carbocycles. The first-order valence-electron chi connectivity index (χ1n) is 10.8. The van der Waals surface area contributed by atoms with E-state index in [1.807, 2.05) is 24.3 Å². The number of ether oxygens (including phenoxy) is 2. The SMILES string of the molecule is CC(C)C(C)Nc1ccc(OCCCOc2ccc(NC(C)C(C)C)cc2)cc1. The standard InChI is InChI=1S/C25H38N2O2/c1-18(2)20(5)26-22-8-12-24(13-9-22)28-16-7-17-29-25-14-10-23(11-15-25)27-21(6)19(3)4/h8-15,18-21,26-27H,7,16-17H2,1-6H3. The third-order valence-corrected chi connectivity index (χ3v) is 5.32. The summed E-state index contributed by atoms with van der Waals surface area (Å²) in [5, 5.41) is 7.01. The summed E-state index contributed by atoms with van der Waals surface area (Å²) in [5.41, 5.74) is 2.25. The summed E-state index contributed by atoms with van der Waals surface area (Å²) in [4.78, 5) is 0. The zero-order valence-corrected chi connectivity index (χ0v) is 18.9. The lowest BCUT2D eigenvalue weighted by Gasteiger charge is -2.19. The van der Waals surface area contributed by atoms with Gasteiger partial charge in [0.25, 0.3) is 0 Å². The molecule has 0 amide bonds. The number of anilines is 2. The van der Waals surface area contributed by atoms with Crippen LogP contribution in [0.5, 0.6) is 11.5 Å². The largest absolute Gasteiger partial charge is 0.493 e. The average Bonchev–Trinajstić information content (AvgIpc) is 2.70. The van der Waals surface area contributed by atoms with E-state index >= 15 is 0 Å². The third kappa shape index (κ3) is 8.26. The van der Waals surface area contributed by atoms with Crippen molar-refractivity contribution in [3.63, 3.8) is 0 Å². The van der Waals surface area contributed by atoms with Gasteiger partial charge in [-0.3, -0.25) is 0 Å². The van der Waals surface area contributed by atoms with Gasteiger partial charge in [0.1, 0.15) is 11.5 Å². The van der Waals surface area contributed by atoms with Gasteiger partial charge < -0.3 is 20.1 Å². The van der Waals surface area contributed by atoms with Crippen molar-refractivity contribution >= 4 is 11.4 Å². The molecule has 2 rings (SSSR count). The maximum Gasteiger partial charge on any atom is 0.119 e. The lowest BCUT2D eigenvalue weighted by atomic mass is 10.1. The van der Waals surface area contributed by atoms with Crippen LogP contribution in [0.1, 0.15) is 48.0 Å². The molecule has 2 unspecified atom stereocenters. The highest BCUT2D eigenvalue weighted by Gasteiger charge is 2.07. The Labute approximate surface area is 177 Å². The van der Waals surface area contributed by atoms with E-state index in [1.54, 1.807) is 0 Å². The van der Waals surface area contributed by atoms with E-state index in [4.69, 9.17) is 9.47 Å². The number of nitrogens with one attached hydrogen (secondary N) is 2. The molecule has 4 nitrogen and oxygen atoms in total. The van der Waals surface area contributed by atoms with E-state index in [0.29, 0.717) is 37.1 Å². The normalized spacial score (nSPS) is 13.2. The molecule has 0 spiro atoms. The van der Waals surface area contributed by atoms with E-state index in [9.17, 15) is 0 Å². The number of benzene rings is 2. The van der Waals surface area contributed by atoms with Crippen LogP contribution in [0.15, 0.2) is 48.5 Å². The topological polar surface area (TPSA) is 42.5 Å². The number of rotatable bonds is 12. The predicted molar refractivity (Wildman–Crippen MR) is 124 cm³/mol. The van der Waals surface area contributed by atoms with E-state index < -0.39 is 0 Å². The first-order valence-corrected chi connectivity index (χ1v) is 10.8. The van der Waals surface area contributed by atoms with Gasteiger partial charge in [-0.25, -0.2) is 0 Å². The fourth-order valence-electron chi connectivity index (χ4n) is 2.59. The minimum atomic E-state index is 0.447. The van der Waals surface area contributed by atoms with Gasteiger partial charge in [0.05, 0.1) is 13.2 Å². The van der Waals surface area contributed by atoms with Crippen LogP contribution >= 0.6 is 0 Å². The molecular formula is C25H38N2O2. The maximum atomic E-state index is 5.82. The van der Waals surface area contributed by atoms with Crippen LogP contribution < -0.4 is 20.1 Å². The summed E-state index contributed by atoms with van der Waals surface area (Å²) in [6.07, 6.45) is 0.842. The van der Waals surface area contributed by atoms with Crippen molar-refractivity contribution < 1.29 is 9.47 Å². The first-order chi connectivity index (χ1) is 13.8. The highest BCUT2D eigenvalue weighted by molar-refractivity contribution is 5.47. The summed E-state index contributed by atoms with van der Waals surface area (Å²) in [6, 6.07) is 17.2. The van der Waals surface area contributed by atoms with Gasteiger partial charge in [-0.2, -0.15) is 0 Å². The fourth-order valence-corrected chi connectivity index (χ4v) is 2.59. The van der Waals surface area contributed by atoms with Gasteiger partial charge in [0.2, 0.25) is 0 Å². The van der Waals surface area contributed by atoms with Gasteiger partial charge >= 0.3 is 0 Å². The molecule has 0 saturated heterocycles. The van der Waals surface area contributed by atoms with Crippen LogP contribution in [0.4, 0.5) is 11.4 Å². The monoisotopic (exact) mass is 398 g/mol. The Hall–Kier alpha value is -2.36. The summed E-state index contributed by atoms with van der Waals surface area (Å²) in [6.45, 7) is 14.6. The quantitative estimate of drug-likeness (QED) is 0.403. The van der Waals surface area contributed by atoms with Crippen LogP contribution in [0.25, 0.3) is 0 Å². The second-order valence-corrected chi connectivity index (χ2v) is 8.45. The van der Waals surface area contributed by atoms with Gasteiger partial charge in [0.15, 0.2) is 0 Å². The Balaban J connectivity index is 1.65. The van der Waals surface area contributed by atoms with Crippen LogP contribution in [0.2, 0.25) is 0 Å². The Morgan fingerprint density at radius 3 is 1.24 bits per heavy atom. The van der Waals surface area contributed by atoms with E-state index in [2.05, 4.69) is 76.4 Å². The Bertz CT molecular complexity index is 634. The van der Waals surface area contributed by atoms with E-state index in [1.165, 1.54) is 0 Å². The molecular weight excluding hydrogens is 360 g/mol. The molecule has 160 valence electrons. The van der Waals surface area contributed by atoms with Crippen molar-refractivity contribution in [2.75, 3.05) is 23.8 Å². The molecule has 0 aromatic heterocycles. The second kappa shape index (κ2) is 11.6. The van der Waals surface area contributed by atoms with Crippen molar-refractivity contribution in [3.05, 3.63) is 48.5 Å². The molecule has 0 radical (unpaired) electrons. The van der Waals surface area contributed by atoms with Crippen LogP contribution in [-0.4, -0.2) is 25.3 Å². The van der Waals surface area contributed by atoms with Gasteiger partial charge in [-0.1, -0.05) is 27.7 Å². The van der Waals surface area contributed by atoms with Crippen molar-refractivity contribution in [1.82, 2.24) is 0 Å². The molecule has 2 N–H and O–H groups in total. The highest BCUT2D eigenvalue weighted by Crippen LogP contribution is 2.19. The lowest BCUT2D eigenvalue weighted by Crippen LogP contribution is -2.21. The Kier molecular flexibility index (Phi) is 9.17. The van der Waals surface area contributed by atoms with Crippen molar-refractivity contribution in [1.29, 1.82) is 0 Å². The zero-order valence-electron chi connectivity index (χ0n) is 18.9. The minimum absolute atomic E-state index is 0.447. The summed E-state index contributed by atoms with van der Waals surface area (Å²) in [5.74, 6) is 2.98. The van der Waals surface area contributed by atoms with E-state index in [-0.39, 0.29) is 0 Å². The van der Waals surface area contributed by atoms with Crippen LogP contribution in [-0.2, 0) is 0 Å². The second-order valence-electron chi connectivity index (χ2n) is 8.45. The Morgan fingerprint density at radius 2 is 0.931 bits per heavy atom. The van der Waals surface area contributed by atoms with Crippen molar-refractivity contribution in [2.45, 2.75) is 60.0 Å². The van der Waals surface area contributed by atoms with Crippen LogP contribution in [0, 0.1) is 11.8 Å². The maximum absolute atomic E-state index is 5.82. The molecule has 0 heterocycles. The molecule has 0 aliphatic heterocycles. The fraction of sp³-hybridized carbons (Fsp3) is 0.520. The highest BCUT2D eigenvalue weighted by atomic mass is 16.5. The number of hydrogen-bond acceptors (Lipinski definition) is 4. The molecule has 29 heavy (non-hydrogen) atoms.